The summed E-state index contributed by atoms with van der Waals surface area (Å²) in [4.78, 5) is 13.5. The number of carbonyl (C=O) groups excluding carboxylic acids is 1. The number of piperidine rings is 1. The van der Waals surface area contributed by atoms with Crippen molar-refractivity contribution in [3.8, 4) is 0 Å². The second kappa shape index (κ2) is 8.46. The SMILES string of the molecule is O=C(c1ccccc1)C(F)CC(F)N1CCC(O)(c2ccc(Cl)cc2)CC1. The first-order valence-electron chi connectivity index (χ1n) is 8.99. The maximum absolute atomic E-state index is 14.6. The molecule has 1 fully saturated rings. The maximum atomic E-state index is 14.6. The highest BCUT2D eigenvalue weighted by atomic mass is 35.5. The number of carbonyl (C=O) groups is 1. The Labute approximate surface area is 162 Å². The molecule has 1 aliphatic heterocycles. The third-order valence-corrected chi connectivity index (χ3v) is 5.40. The third-order valence-electron chi connectivity index (χ3n) is 5.15. The monoisotopic (exact) mass is 393 g/mol. The van der Waals surface area contributed by atoms with E-state index in [4.69, 9.17) is 11.6 Å². The van der Waals surface area contributed by atoms with Crippen LogP contribution in [0.25, 0.3) is 0 Å². The van der Waals surface area contributed by atoms with E-state index in [0.29, 0.717) is 17.9 Å². The van der Waals surface area contributed by atoms with Gasteiger partial charge in [-0.3, -0.25) is 9.69 Å². The van der Waals surface area contributed by atoms with E-state index in [-0.39, 0.29) is 18.7 Å². The number of aliphatic hydroxyl groups is 1. The van der Waals surface area contributed by atoms with Crippen LogP contribution >= 0.6 is 11.6 Å². The summed E-state index contributed by atoms with van der Waals surface area (Å²) in [5.74, 6) is -0.701. The van der Waals surface area contributed by atoms with Crippen molar-refractivity contribution < 1.29 is 18.7 Å². The predicted octanol–water partition coefficient (Wildman–Crippen LogP) is 4.53. The average Bonchev–Trinajstić information content (AvgIpc) is 2.69. The summed E-state index contributed by atoms with van der Waals surface area (Å²) in [5, 5.41) is 11.4. The van der Waals surface area contributed by atoms with Crippen LogP contribution in [0.1, 0.15) is 35.2 Å². The van der Waals surface area contributed by atoms with Gasteiger partial charge < -0.3 is 5.11 Å². The van der Waals surface area contributed by atoms with Gasteiger partial charge in [-0.05, 0) is 30.5 Å². The molecular weight excluding hydrogens is 372 g/mol. The van der Waals surface area contributed by atoms with Crippen molar-refractivity contribution in [2.24, 2.45) is 0 Å². The summed E-state index contributed by atoms with van der Waals surface area (Å²) >= 11 is 5.88. The van der Waals surface area contributed by atoms with Gasteiger partial charge in [0.2, 0.25) is 0 Å². The van der Waals surface area contributed by atoms with E-state index in [0.717, 1.165) is 5.56 Å². The Morgan fingerprint density at radius 3 is 2.26 bits per heavy atom. The molecule has 0 spiro atoms. The molecule has 1 aliphatic rings. The number of hydrogen-bond donors (Lipinski definition) is 1. The molecule has 3 nitrogen and oxygen atoms in total. The Kier molecular flexibility index (Phi) is 6.25. The number of ketones is 1. The van der Waals surface area contributed by atoms with E-state index in [9.17, 15) is 18.7 Å². The fourth-order valence-corrected chi connectivity index (χ4v) is 3.56. The summed E-state index contributed by atoms with van der Waals surface area (Å²) in [6.45, 7) is 0.569. The molecule has 2 aromatic carbocycles. The van der Waals surface area contributed by atoms with Crippen LogP contribution in [0.2, 0.25) is 5.02 Å². The zero-order chi connectivity index (χ0) is 19.4. The molecule has 0 radical (unpaired) electrons. The van der Waals surface area contributed by atoms with Crippen LogP contribution in [0, 0.1) is 0 Å². The molecule has 27 heavy (non-hydrogen) atoms. The van der Waals surface area contributed by atoms with Crippen LogP contribution in [-0.2, 0) is 5.60 Å². The molecule has 6 heteroatoms. The fraction of sp³-hybridized carbons (Fsp3) is 0.381. The molecule has 2 aromatic rings. The highest BCUT2D eigenvalue weighted by molar-refractivity contribution is 6.30. The Bertz CT molecular complexity index is 762. The molecular formula is C21H22ClF2NO2. The Balaban J connectivity index is 1.56. The number of benzene rings is 2. The molecule has 1 saturated heterocycles. The number of halogens is 3. The van der Waals surface area contributed by atoms with Gasteiger partial charge in [0, 0.05) is 30.1 Å². The zero-order valence-corrected chi connectivity index (χ0v) is 15.6. The number of alkyl halides is 2. The zero-order valence-electron chi connectivity index (χ0n) is 14.8. The Morgan fingerprint density at radius 2 is 1.67 bits per heavy atom. The van der Waals surface area contributed by atoms with E-state index >= 15 is 0 Å². The van der Waals surface area contributed by atoms with Crippen molar-refractivity contribution in [3.05, 3.63) is 70.7 Å². The minimum absolute atomic E-state index is 0.243. The van der Waals surface area contributed by atoms with Crippen molar-refractivity contribution in [3.63, 3.8) is 0 Å². The van der Waals surface area contributed by atoms with Gasteiger partial charge in [0.05, 0.1) is 5.60 Å². The Hall–Kier alpha value is -1.82. The summed E-state index contributed by atoms with van der Waals surface area (Å²) < 4.78 is 28.8. The number of likely N-dealkylation sites (tertiary alicyclic amines) is 1. The van der Waals surface area contributed by atoms with Crippen LogP contribution in [0.15, 0.2) is 54.6 Å². The quantitative estimate of drug-likeness (QED) is 0.579. The van der Waals surface area contributed by atoms with Crippen molar-refractivity contribution in [1.29, 1.82) is 0 Å². The summed E-state index contributed by atoms with van der Waals surface area (Å²) in [5.41, 5.74) is -0.0620. The van der Waals surface area contributed by atoms with E-state index < -0.39 is 30.3 Å². The minimum atomic E-state index is -1.89. The fourth-order valence-electron chi connectivity index (χ4n) is 3.43. The maximum Gasteiger partial charge on any atom is 0.197 e. The average molecular weight is 394 g/mol. The molecule has 0 aliphatic carbocycles. The van der Waals surface area contributed by atoms with Crippen molar-refractivity contribution in [1.82, 2.24) is 4.90 Å². The molecule has 0 aromatic heterocycles. The first-order valence-corrected chi connectivity index (χ1v) is 9.37. The smallest absolute Gasteiger partial charge is 0.197 e. The molecule has 144 valence electrons. The highest BCUT2D eigenvalue weighted by Gasteiger charge is 2.37. The number of Topliss-reactive ketones (excluding diaryl/α,β-unsaturated/α-hetero) is 1. The summed E-state index contributed by atoms with van der Waals surface area (Å²) in [6, 6.07) is 15.0. The van der Waals surface area contributed by atoms with Gasteiger partial charge in [-0.25, -0.2) is 8.78 Å². The van der Waals surface area contributed by atoms with Crippen molar-refractivity contribution in [2.75, 3.05) is 13.1 Å². The van der Waals surface area contributed by atoms with E-state index in [1.54, 1.807) is 42.5 Å². The lowest BCUT2D eigenvalue weighted by molar-refractivity contribution is -0.0586. The molecule has 2 atom stereocenters. The van der Waals surface area contributed by atoms with Crippen molar-refractivity contribution in [2.45, 2.75) is 37.3 Å². The highest BCUT2D eigenvalue weighted by Crippen LogP contribution is 2.34. The molecule has 2 unspecified atom stereocenters. The largest absolute Gasteiger partial charge is 0.385 e. The van der Waals surface area contributed by atoms with Gasteiger partial charge in [0.1, 0.15) is 0 Å². The molecule has 0 amide bonds. The van der Waals surface area contributed by atoms with E-state index in [1.807, 2.05) is 0 Å². The lowest BCUT2D eigenvalue weighted by Crippen LogP contribution is -2.46. The lowest BCUT2D eigenvalue weighted by atomic mass is 9.84. The molecule has 1 heterocycles. The van der Waals surface area contributed by atoms with Crippen molar-refractivity contribution >= 4 is 17.4 Å². The summed E-state index contributed by atoms with van der Waals surface area (Å²) in [6.07, 6.45) is -3.30. The Morgan fingerprint density at radius 1 is 1.07 bits per heavy atom. The molecule has 1 N–H and O–H groups in total. The van der Waals surface area contributed by atoms with Gasteiger partial charge in [-0.15, -0.1) is 0 Å². The number of hydrogen-bond acceptors (Lipinski definition) is 3. The van der Waals surface area contributed by atoms with Gasteiger partial charge in [-0.2, -0.15) is 0 Å². The standard InChI is InChI=1S/C21H22ClF2NO2/c22-17-8-6-16(7-9-17)21(27)10-12-25(13-11-21)19(24)14-18(23)20(26)15-4-2-1-3-5-15/h1-9,18-19,27H,10-14H2. The van der Waals surface area contributed by atoms with Gasteiger partial charge in [0.25, 0.3) is 0 Å². The van der Waals surface area contributed by atoms with Gasteiger partial charge in [0.15, 0.2) is 18.3 Å². The van der Waals surface area contributed by atoms with Gasteiger partial charge >= 0.3 is 0 Å². The van der Waals surface area contributed by atoms with Crippen LogP contribution in [-0.4, -0.2) is 41.3 Å². The van der Waals surface area contributed by atoms with E-state index in [2.05, 4.69) is 0 Å². The lowest BCUT2D eigenvalue weighted by Gasteiger charge is -2.40. The number of rotatable bonds is 6. The number of nitrogens with zero attached hydrogens (tertiary/aromatic N) is 1. The molecule has 0 saturated carbocycles. The minimum Gasteiger partial charge on any atom is -0.385 e. The second-order valence-corrected chi connectivity index (χ2v) is 7.38. The van der Waals surface area contributed by atoms with Crippen LogP contribution in [0.3, 0.4) is 0 Å². The third kappa shape index (κ3) is 4.72. The van der Waals surface area contributed by atoms with Gasteiger partial charge in [-0.1, -0.05) is 54.1 Å². The van der Waals surface area contributed by atoms with Crippen LogP contribution < -0.4 is 0 Å². The predicted molar refractivity (Wildman–Crippen MR) is 101 cm³/mol. The van der Waals surface area contributed by atoms with Crippen LogP contribution in [0.5, 0.6) is 0 Å². The summed E-state index contributed by atoms with van der Waals surface area (Å²) in [7, 11) is 0. The van der Waals surface area contributed by atoms with Crippen LogP contribution in [0.4, 0.5) is 8.78 Å². The second-order valence-electron chi connectivity index (χ2n) is 6.94. The molecule has 0 bridgehead atoms. The first kappa shape index (κ1) is 19.9. The first-order chi connectivity index (χ1) is 12.9. The van der Waals surface area contributed by atoms with E-state index in [1.165, 1.54) is 17.0 Å². The molecule has 3 rings (SSSR count). The normalized spacial score (nSPS) is 19.4. The topological polar surface area (TPSA) is 40.5 Å².